The van der Waals surface area contributed by atoms with E-state index in [1.54, 1.807) is 0 Å². The minimum atomic E-state index is -4.92. The van der Waals surface area contributed by atoms with Crippen LogP contribution in [-0.4, -0.2) is 35.7 Å². The predicted molar refractivity (Wildman–Crippen MR) is 101 cm³/mol. The van der Waals surface area contributed by atoms with Crippen molar-refractivity contribution in [2.24, 2.45) is 0 Å². The number of rotatable bonds is 5. The van der Waals surface area contributed by atoms with Gasteiger partial charge in [-0.1, -0.05) is 24.3 Å². The van der Waals surface area contributed by atoms with E-state index in [1.165, 1.54) is 13.0 Å². The molecule has 3 rings (SSSR count). The minimum Gasteiger partial charge on any atom is -0.406 e. The van der Waals surface area contributed by atoms with Crippen LogP contribution in [0.3, 0.4) is 0 Å². The van der Waals surface area contributed by atoms with Gasteiger partial charge in [0.1, 0.15) is 17.8 Å². The van der Waals surface area contributed by atoms with Gasteiger partial charge in [-0.2, -0.15) is 13.2 Å². The van der Waals surface area contributed by atoms with Gasteiger partial charge >= 0.3 is 18.6 Å². The number of hydrogen-bond acceptors (Lipinski definition) is 4. The Labute approximate surface area is 182 Å². The highest BCUT2D eigenvalue weighted by atomic mass is 19.4. The summed E-state index contributed by atoms with van der Waals surface area (Å²) < 4.78 is 79.9. The summed E-state index contributed by atoms with van der Waals surface area (Å²) in [5.74, 6) is -2.53. The molecule has 1 unspecified atom stereocenters. The van der Waals surface area contributed by atoms with Gasteiger partial charge in [0.2, 0.25) is 5.91 Å². The number of carbonyl (C=O) groups excluding carboxylic acids is 3. The molecule has 1 atom stereocenters. The van der Waals surface area contributed by atoms with Gasteiger partial charge in [0.15, 0.2) is 0 Å². The van der Waals surface area contributed by atoms with Crippen LogP contribution in [-0.2, 0) is 21.3 Å². The second-order valence-corrected chi connectivity index (χ2v) is 7.11. The van der Waals surface area contributed by atoms with Gasteiger partial charge in [-0.3, -0.25) is 14.5 Å². The first-order valence-corrected chi connectivity index (χ1v) is 9.17. The lowest BCUT2D eigenvalue weighted by Gasteiger charge is -2.22. The van der Waals surface area contributed by atoms with Crippen molar-refractivity contribution < 1.29 is 45.5 Å². The molecule has 1 saturated heterocycles. The van der Waals surface area contributed by atoms with Crippen LogP contribution < -0.4 is 15.4 Å². The van der Waals surface area contributed by atoms with Crippen LogP contribution in [0.25, 0.3) is 0 Å². The quantitative estimate of drug-likeness (QED) is 0.506. The van der Waals surface area contributed by atoms with Crippen LogP contribution in [0.2, 0.25) is 0 Å². The fraction of sp³-hybridized carbons (Fsp3) is 0.250. The van der Waals surface area contributed by atoms with E-state index >= 15 is 0 Å². The smallest absolute Gasteiger partial charge is 0.406 e. The summed E-state index contributed by atoms with van der Waals surface area (Å²) >= 11 is 0. The number of benzene rings is 2. The van der Waals surface area contributed by atoms with Crippen molar-refractivity contribution in [1.29, 1.82) is 0 Å². The number of urea groups is 1. The van der Waals surface area contributed by atoms with E-state index in [0.717, 1.165) is 42.5 Å². The Morgan fingerprint density at radius 2 is 1.64 bits per heavy atom. The summed E-state index contributed by atoms with van der Waals surface area (Å²) in [6, 6.07) is 7.30. The molecule has 33 heavy (non-hydrogen) atoms. The molecule has 0 saturated carbocycles. The normalized spacial score (nSPS) is 18.8. The topological polar surface area (TPSA) is 87.7 Å². The van der Waals surface area contributed by atoms with E-state index in [1.807, 2.05) is 5.32 Å². The Hall–Kier alpha value is -3.77. The number of para-hydroxylation sites is 1. The molecular weight excluding hydrogens is 460 g/mol. The molecule has 2 aromatic rings. The second-order valence-electron chi connectivity index (χ2n) is 7.11. The van der Waals surface area contributed by atoms with Gasteiger partial charge in [0, 0.05) is 0 Å². The fourth-order valence-electron chi connectivity index (χ4n) is 3.20. The van der Waals surface area contributed by atoms with Crippen molar-refractivity contribution in [2.75, 3.05) is 11.9 Å². The molecule has 1 aliphatic rings. The van der Waals surface area contributed by atoms with Crippen molar-refractivity contribution in [3.8, 4) is 5.75 Å². The summed E-state index contributed by atoms with van der Waals surface area (Å²) in [7, 11) is 0. The molecule has 1 heterocycles. The maximum Gasteiger partial charge on any atom is 0.573 e. The van der Waals surface area contributed by atoms with Gasteiger partial charge in [-0.05, 0) is 36.8 Å². The fourth-order valence-corrected chi connectivity index (χ4v) is 3.20. The molecule has 0 aliphatic carbocycles. The van der Waals surface area contributed by atoms with Crippen LogP contribution in [0.5, 0.6) is 5.75 Å². The van der Waals surface area contributed by atoms with Crippen LogP contribution in [0, 0.1) is 0 Å². The van der Waals surface area contributed by atoms with Crippen molar-refractivity contribution in [2.45, 2.75) is 25.0 Å². The van der Waals surface area contributed by atoms with Crippen LogP contribution >= 0.6 is 0 Å². The lowest BCUT2D eigenvalue weighted by Crippen LogP contribution is -2.42. The van der Waals surface area contributed by atoms with Gasteiger partial charge < -0.3 is 15.4 Å². The number of hydrogen-bond donors (Lipinski definition) is 2. The molecule has 1 aliphatic heterocycles. The van der Waals surface area contributed by atoms with E-state index in [-0.39, 0.29) is 5.56 Å². The number of alkyl halides is 6. The Bertz CT molecular complexity index is 1080. The summed E-state index contributed by atoms with van der Waals surface area (Å²) in [5.41, 5.74) is -3.29. The first-order valence-electron chi connectivity index (χ1n) is 9.17. The largest absolute Gasteiger partial charge is 0.573 e. The number of nitrogens with one attached hydrogen (secondary N) is 2. The maximum atomic E-state index is 13.1. The molecular formula is C20H15F6N3O4. The maximum absolute atomic E-state index is 13.1. The zero-order chi connectivity index (χ0) is 24.6. The molecule has 2 aromatic carbocycles. The van der Waals surface area contributed by atoms with Crippen molar-refractivity contribution in [3.63, 3.8) is 0 Å². The highest BCUT2D eigenvalue weighted by molar-refractivity contribution is 6.10. The van der Waals surface area contributed by atoms with E-state index in [9.17, 15) is 40.7 Å². The van der Waals surface area contributed by atoms with Crippen LogP contribution in [0.4, 0.5) is 36.8 Å². The molecule has 176 valence electrons. The van der Waals surface area contributed by atoms with Crippen molar-refractivity contribution in [3.05, 3.63) is 59.7 Å². The highest BCUT2D eigenvalue weighted by Gasteiger charge is 2.49. The number of ether oxygens (including phenoxy) is 1. The molecule has 0 aromatic heterocycles. The monoisotopic (exact) mass is 475 g/mol. The average molecular weight is 475 g/mol. The zero-order valence-corrected chi connectivity index (χ0v) is 16.7. The molecule has 4 amide bonds. The third kappa shape index (κ3) is 5.18. The Balaban J connectivity index is 1.75. The standard InChI is InChI=1S/C20H15F6N3O4/c1-18(11-6-8-12(9-7-11)33-20(24,25)26)16(31)29(17(32)28-18)10-15(30)27-14-5-3-2-4-13(14)19(21,22)23/h2-9H,10H2,1H3,(H,27,30)(H,28,32). The van der Waals surface area contributed by atoms with E-state index in [4.69, 9.17) is 0 Å². The Morgan fingerprint density at radius 3 is 2.21 bits per heavy atom. The van der Waals surface area contributed by atoms with E-state index in [2.05, 4.69) is 10.1 Å². The molecule has 0 bridgehead atoms. The molecule has 0 spiro atoms. The number of halogens is 6. The van der Waals surface area contributed by atoms with Crippen molar-refractivity contribution in [1.82, 2.24) is 10.2 Å². The lowest BCUT2D eigenvalue weighted by atomic mass is 9.92. The number of amides is 4. The van der Waals surface area contributed by atoms with Crippen molar-refractivity contribution >= 4 is 23.5 Å². The highest BCUT2D eigenvalue weighted by Crippen LogP contribution is 2.35. The van der Waals surface area contributed by atoms with Gasteiger partial charge in [0.05, 0.1) is 11.3 Å². The number of carbonyl (C=O) groups is 3. The summed E-state index contributed by atoms with van der Waals surface area (Å²) in [4.78, 5) is 37.9. The van der Waals surface area contributed by atoms with Crippen LogP contribution in [0.1, 0.15) is 18.1 Å². The summed E-state index contributed by atoms with van der Waals surface area (Å²) in [5, 5.41) is 4.36. The van der Waals surface area contributed by atoms with Gasteiger partial charge in [-0.15, -0.1) is 13.2 Å². The molecule has 2 N–H and O–H groups in total. The first kappa shape index (κ1) is 23.9. The SMILES string of the molecule is CC1(c2ccc(OC(F)(F)F)cc2)NC(=O)N(CC(=O)Nc2ccccc2C(F)(F)F)C1=O. The molecule has 13 heteroatoms. The molecule has 0 radical (unpaired) electrons. The Kier molecular flexibility index (Phi) is 6.00. The molecule has 1 fully saturated rings. The Morgan fingerprint density at radius 1 is 1.03 bits per heavy atom. The zero-order valence-electron chi connectivity index (χ0n) is 16.7. The van der Waals surface area contributed by atoms with E-state index in [0.29, 0.717) is 4.90 Å². The third-order valence-corrected chi connectivity index (χ3v) is 4.75. The van der Waals surface area contributed by atoms with Gasteiger partial charge in [-0.25, -0.2) is 4.79 Å². The predicted octanol–water partition coefficient (Wildman–Crippen LogP) is 4.01. The summed E-state index contributed by atoms with van der Waals surface area (Å²) in [6.45, 7) is 0.380. The van der Waals surface area contributed by atoms with Gasteiger partial charge in [0.25, 0.3) is 5.91 Å². The third-order valence-electron chi connectivity index (χ3n) is 4.75. The number of imide groups is 1. The average Bonchev–Trinajstić information content (AvgIpc) is 2.91. The first-order chi connectivity index (χ1) is 15.2. The second kappa shape index (κ2) is 8.30. The minimum absolute atomic E-state index is 0.0979. The van der Waals surface area contributed by atoms with E-state index < -0.39 is 59.5 Å². The lowest BCUT2D eigenvalue weighted by molar-refractivity contribution is -0.274. The number of nitrogens with zero attached hydrogens (tertiary/aromatic N) is 1. The number of anilines is 1. The molecule has 7 nitrogen and oxygen atoms in total. The summed E-state index contributed by atoms with van der Waals surface area (Å²) in [6.07, 6.45) is -9.66. The van der Waals surface area contributed by atoms with Crippen LogP contribution in [0.15, 0.2) is 48.5 Å².